The van der Waals surface area contributed by atoms with E-state index in [1.165, 1.54) is 0 Å². The van der Waals surface area contributed by atoms with Gasteiger partial charge in [0, 0.05) is 10.8 Å². The van der Waals surface area contributed by atoms with E-state index in [-0.39, 0.29) is 45.7 Å². The van der Waals surface area contributed by atoms with Crippen molar-refractivity contribution in [1.82, 2.24) is 9.13 Å². The molecule has 0 aliphatic carbocycles. The maximum atomic E-state index is 12.4. The monoisotopic (exact) mass is 706 g/mol. The molecule has 0 aliphatic rings. The fourth-order valence-electron chi connectivity index (χ4n) is 3.62. The predicted molar refractivity (Wildman–Crippen MR) is 156 cm³/mol. The minimum absolute atomic E-state index is 0.107. The van der Waals surface area contributed by atoms with Crippen LogP contribution in [0.5, 0.6) is 0 Å². The minimum atomic E-state index is -1.08. The number of alkyl halides is 1. The van der Waals surface area contributed by atoms with Gasteiger partial charge < -0.3 is 23.7 Å². The Labute approximate surface area is 260 Å². The van der Waals surface area contributed by atoms with Gasteiger partial charge in [0.05, 0.1) is 25.9 Å². The summed E-state index contributed by atoms with van der Waals surface area (Å²) >= 11 is 2.33. The van der Waals surface area contributed by atoms with Crippen LogP contribution in [-0.4, -0.2) is 70.2 Å². The van der Waals surface area contributed by atoms with Gasteiger partial charge >= 0.3 is 24.1 Å². The van der Waals surface area contributed by atoms with Gasteiger partial charge in [-0.1, -0.05) is 42.9 Å². The van der Waals surface area contributed by atoms with Gasteiger partial charge in [0.25, 0.3) is 0 Å². The summed E-state index contributed by atoms with van der Waals surface area (Å²) in [6.07, 6.45) is 13.0. The molecule has 14 heteroatoms. The van der Waals surface area contributed by atoms with Crippen molar-refractivity contribution in [2.45, 2.75) is 84.7 Å². The van der Waals surface area contributed by atoms with Crippen molar-refractivity contribution in [3.05, 3.63) is 37.4 Å². The second kappa shape index (κ2) is 20.7. The first-order valence-electron chi connectivity index (χ1n) is 14.3. The number of hydrogen-bond donors (Lipinski definition) is 0. The third-order valence-corrected chi connectivity index (χ3v) is 6.70. The molecular formula is C28H43IN4O9+2. The van der Waals surface area contributed by atoms with Gasteiger partial charge in [0.15, 0.2) is 6.10 Å². The van der Waals surface area contributed by atoms with E-state index in [1.54, 1.807) is 6.92 Å². The van der Waals surface area contributed by atoms with Crippen molar-refractivity contribution in [2.24, 2.45) is 0 Å². The maximum absolute atomic E-state index is 12.4. The number of carbonyl (C=O) groups is 4. The molecule has 0 aromatic carbocycles. The van der Waals surface area contributed by atoms with Crippen LogP contribution in [0.2, 0.25) is 0 Å². The summed E-state index contributed by atoms with van der Waals surface area (Å²) in [7, 11) is 0. The molecule has 0 amide bonds. The third-order valence-electron chi connectivity index (χ3n) is 5.94. The van der Waals surface area contributed by atoms with E-state index >= 15 is 0 Å². The molecule has 2 heterocycles. The molecule has 2 aromatic rings. The van der Waals surface area contributed by atoms with Gasteiger partial charge in [0.2, 0.25) is 12.7 Å². The van der Waals surface area contributed by atoms with Crippen LogP contribution in [0, 0.1) is 0 Å². The standard InChI is InChI=1S/C28H43IN4O9/c1-3-5-10-30-14-16-32(22-30)12-7-26(35)40-20-24(42-28(37)39-19-18-38-25(34)4-2)21-41-27(36)8-13-33-17-15-31(23-33)11-6-9-29/h14-17,22-24H,3-13,18-21H2,1-2H3/q+2. The van der Waals surface area contributed by atoms with Crippen LogP contribution in [0.1, 0.15) is 52.4 Å². The van der Waals surface area contributed by atoms with Crippen LogP contribution in [0.25, 0.3) is 0 Å². The molecule has 13 nitrogen and oxygen atoms in total. The Hall–Kier alpha value is -3.17. The molecule has 0 saturated heterocycles. The van der Waals surface area contributed by atoms with E-state index in [2.05, 4.69) is 38.6 Å². The first-order valence-corrected chi connectivity index (χ1v) is 15.8. The molecule has 0 radical (unpaired) electrons. The lowest BCUT2D eigenvalue weighted by atomic mass is 10.3. The molecule has 0 spiro atoms. The molecule has 0 aliphatic heterocycles. The van der Waals surface area contributed by atoms with Gasteiger partial charge in [-0.15, -0.1) is 0 Å². The predicted octanol–water partition coefficient (Wildman–Crippen LogP) is 2.53. The van der Waals surface area contributed by atoms with Gasteiger partial charge in [-0.3, -0.25) is 14.4 Å². The lowest BCUT2D eigenvalue weighted by Gasteiger charge is -2.17. The highest BCUT2D eigenvalue weighted by atomic mass is 127. The molecule has 234 valence electrons. The number of aryl methyl sites for hydroxylation is 4. The van der Waals surface area contributed by atoms with Crippen LogP contribution in [0.15, 0.2) is 37.4 Å². The van der Waals surface area contributed by atoms with Gasteiger partial charge in [-0.2, -0.15) is 0 Å². The topological polar surface area (TPSA) is 132 Å². The summed E-state index contributed by atoms with van der Waals surface area (Å²) in [4.78, 5) is 48.1. The number of esters is 3. The summed E-state index contributed by atoms with van der Waals surface area (Å²) in [6, 6.07) is 0. The van der Waals surface area contributed by atoms with Crippen molar-refractivity contribution in [1.29, 1.82) is 0 Å². The second-order valence-corrected chi connectivity index (χ2v) is 10.5. The second-order valence-electron chi connectivity index (χ2n) is 9.45. The number of aromatic nitrogens is 4. The van der Waals surface area contributed by atoms with E-state index in [9.17, 15) is 19.2 Å². The lowest BCUT2D eigenvalue weighted by molar-refractivity contribution is -0.696. The number of carbonyl (C=O) groups excluding carboxylic acids is 4. The zero-order valence-electron chi connectivity index (χ0n) is 24.5. The number of ether oxygens (including phenoxy) is 5. The van der Waals surface area contributed by atoms with E-state index < -0.39 is 30.2 Å². The number of rotatable bonds is 21. The summed E-state index contributed by atoms with van der Waals surface area (Å²) in [5.41, 5.74) is 0. The van der Waals surface area contributed by atoms with E-state index in [0.717, 1.165) is 36.8 Å². The fourth-order valence-corrected chi connectivity index (χ4v) is 3.96. The smallest absolute Gasteiger partial charge is 0.462 e. The molecule has 2 rings (SSSR count). The number of imidazole rings is 2. The van der Waals surface area contributed by atoms with Crippen LogP contribution >= 0.6 is 22.6 Å². The van der Waals surface area contributed by atoms with Crippen LogP contribution in [-0.2, 0) is 64.2 Å². The Morgan fingerprint density at radius 2 is 1.31 bits per heavy atom. The zero-order chi connectivity index (χ0) is 30.6. The molecule has 42 heavy (non-hydrogen) atoms. The van der Waals surface area contributed by atoms with Crippen molar-refractivity contribution in [3.8, 4) is 0 Å². The highest BCUT2D eigenvalue weighted by Gasteiger charge is 2.21. The number of halogens is 1. The van der Waals surface area contributed by atoms with Crippen molar-refractivity contribution < 1.29 is 52.0 Å². The Balaban J connectivity index is 1.81. The van der Waals surface area contributed by atoms with Crippen molar-refractivity contribution in [3.63, 3.8) is 0 Å². The summed E-state index contributed by atoms with van der Waals surface area (Å²) in [5, 5.41) is 0. The molecular weight excluding hydrogens is 663 g/mol. The number of unbranched alkanes of at least 4 members (excludes halogenated alkanes) is 1. The van der Waals surface area contributed by atoms with Crippen molar-refractivity contribution in [2.75, 3.05) is 30.9 Å². The lowest BCUT2D eigenvalue weighted by Crippen LogP contribution is -2.32. The first-order chi connectivity index (χ1) is 20.3. The highest BCUT2D eigenvalue weighted by molar-refractivity contribution is 14.1. The van der Waals surface area contributed by atoms with E-state index in [1.807, 2.05) is 46.6 Å². The Kier molecular flexibility index (Phi) is 17.2. The fraction of sp³-hybridized carbons (Fsp3) is 0.643. The highest BCUT2D eigenvalue weighted by Crippen LogP contribution is 2.03. The number of nitrogens with zero attached hydrogens (tertiary/aromatic N) is 4. The third kappa shape index (κ3) is 15.2. The van der Waals surface area contributed by atoms with Crippen LogP contribution < -0.4 is 9.13 Å². The molecule has 0 fully saturated rings. The summed E-state index contributed by atoms with van der Waals surface area (Å²) in [6.45, 7) is 5.47. The van der Waals surface area contributed by atoms with E-state index in [4.69, 9.17) is 23.7 Å². The van der Waals surface area contributed by atoms with Gasteiger partial charge in [-0.05, 0) is 12.8 Å². The molecule has 0 saturated carbocycles. The summed E-state index contributed by atoms with van der Waals surface area (Å²) in [5.74, 6) is -1.41. The quantitative estimate of drug-likeness (QED) is 0.0480. The molecule has 0 bridgehead atoms. The van der Waals surface area contributed by atoms with Crippen molar-refractivity contribution >= 4 is 46.7 Å². The normalized spacial score (nSPS) is 11.5. The number of hydrogen-bond acceptors (Lipinski definition) is 9. The SMILES string of the molecule is CCCC[n+]1ccn(CCC(=O)OCC(COC(=O)CCn2cc[n+](CCCI)c2)OC(=O)OCCOC(=O)CC)c1. The Morgan fingerprint density at radius 3 is 1.83 bits per heavy atom. The van der Waals surface area contributed by atoms with Crippen LogP contribution in [0.4, 0.5) is 4.79 Å². The molecule has 1 atom stereocenters. The largest absolute Gasteiger partial charge is 0.508 e. The average Bonchev–Trinajstić information content (AvgIpc) is 3.65. The Morgan fingerprint density at radius 1 is 0.762 bits per heavy atom. The maximum Gasteiger partial charge on any atom is 0.508 e. The molecule has 2 aromatic heterocycles. The van der Waals surface area contributed by atoms with Gasteiger partial charge in [0.1, 0.15) is 64.3 Å². The summed E-state index contributed by atoms with van der Waals surface area (Å²) < 4.78 is 34.6. The Bertz CT molecular complexity index is 1040. The van der Waals surface area contributed by atoms with E-state index in [0.29, 0.717) is 13.1 Å². The first kappa shape index (κ1) is 35.0. The average molecular weight is 707 g/mol. The van der Waals surface area contributed by atoms with Gasteiger partial charge in [-0.25, -0.2) is 23.1 Å². The molecule has 1 unspecified atom stereocenters. The zero-order valence-corrected chi connectivity index (χ0v) is 26.6. The minimum Gasteiger partial charge on any atom is -0.462 e. The molecule has 0 N–H and O–H groups in total. The van der Waals surface area contributed by atoms with Crippen LogP contribution in [0.3, 0.4) is 0 Å².